The Kier molecular flexibility index (Phi) is 5.32. The van der Waals surface area contributed by atoms with Crippen molar-refractivity contribution in [1.82, 2.24) is 10.4 Å². The van der Waals surface area contributed by atoms with Gasteiger partial charge in [0.25, 0.3) is 0 Å². The van der Waals surface area contributed by atoms with E-state index in [2.05, 4.69) is 57.8 Å². The summed E-state index contributed by atoms with van der Waals surface area (Å²) in [6.07, 6.45) is 2.55. The molecule has 5 heteroatoms. The molecule has 22 heavy (non-hydrogen) atoms. The van der Waals surface area contributed by atoms with Crippen molar-refractivity contribution < 1.29 is 0 Å². The average molecular weight is 355 g/mol. The lowest BCUT2D eigenvalue weighted by Gasteiger charge is -2.37. The highest BCUT2D eigenvalue weighted by atomic mass is 32.2. The Morgan fingerprint density at radius 1 is 1.14 bits per heavy atom. The van der Waals surface area contributed by atoms with Gasteiger partial charge in [-0.15, -0.1) is 0 Å². The summed E-state index contributed by atoms with van der Waals surface area (Å²) >= 11 is 7.53. The van der Waals surface area contributed by atoms with E-state index in [1.54, 1.807) is 5.20 Å². The van der Waals surface area contributed by atoms with Gasteiger partial charge in [-0.05, 0) is 46.1 Å². The van der Waals surface area contributed by atoms with Crippen molar-refractivity contribution in [3.63, 3.8) is 0 Å². The molecule has 0 amide bonds. The minimum Gasteiger partial charge on any atom is -0.304 e. The fourth-order valence-corrected chi connectivity index (χ4v) is 9.68. The van der Waals surface area contributed by atoms with Crippen molar-refractivity contribution in [3.05, 3.63) is 21.9 Å². The lowest BCUT2D eigenvalue weighted by molar-refractivity contribution is 0.300. The highest BCUT2D eigenvalue weighted by Gasteiger charge is 2.45. The molecule has 0 spiro atoms. The highest BCUT2D eigenvalue weighted by Crippen LogP contribution is 2.52. The molecule has 2 aliphatic rings. The Bertz CT molecular complexity index is 539. The molecule has 1 aliphatic heterocycles. The van der Waals surface area contributed by atoms with Crippen LogP contribution in [0.3, 0.4) is 0 Å². The Labute approximate surface area is 146 Å². The van der Waals surface area contributed by atoms with Gasteiger partial charge in [0.2, 0.25) is 0 Å². The van der Waals surface area contributed by atoms with E-state index >= 15 is 0 Å². The molecule has 1 fully saturated rings. The van der Waals surface area contributed by atoms with Gasteiger partial charge in [-0.1, -0.05) is 60.0 Å². The molecule has 0 aromatic carbocycles. The van der Waals surface area contributed by atoms with Gasteiger partial charge in [0, 0.05) is 13.1 Å². The number of nitrogens with zero attached hydrogens (tertiary/aromatic N) is 1. The van der Waals surface area contributed by atoms with E-state index in [1.165, 1.54) is 29.6 Å². The molecule has 0 bridgehead atoms. The van der Waals surface area contributed by atoms with Crippen LogP contribution in [0.5, 0.6) is 0 Å². The van der Waals surface area contributed by atoms with E-state index in [0.717, 1.165) is 17.4 Å². The van der Waals surface area contributed by atoms with E-state index in [-0.39, 0.29) is 4.75 Å². The summed E-state index contributed by atoms with van der Waals surface area (Å²) in [7, 11) is -1.40. The maximum absolute atomic E-state index is 5.69. The molecule has 1 aliphatic carbocycles. The maximum Gasteiger partial charge on any atom is 0.149 e. The number of thioether (sulfide) groups is 1. The predicted octanol–water partition coefficient (Wildman–Crippen LogP) is 4.91. The van der Waals surface area contributed by atoms with Gasteiger partial charge in [-0.2, -0.15) is 0 Å². The average Bonchev–Trinajstić information content (AvgIpc) is 2.92. The van der Waals surface area contributed by atoms with Crippen LogP contribution >= 0.6 is 24.0 Å². The first kappa shape index (κ1) is 18.2. The third-order valence-corrected chi connectivity index (χ3v) is 9.19. The molecule has 0 radical (unpaired) electrons. The summed E-state index contributed by atoms with van der Waals surface area (Å²) in [6.45, 7) is 18.8. The van der Waals surface area contributed by atoms with Crippen LogP contribution in [0, 0.1) is 0 Å². The molecule has 124 valence electrons. The zero-order valence-electron chi connectivity index (χ0n) is 15.1. The summed E-state index contributed by atoms with van der Waals surface area (Å²) in [5, 5.41) is 3.93. The summed E-state index contributed by atoms with van der Waals surface area (Å²) in [5.74, 6) is 0. The van der Waals surface area contributed by atoms with Crippen LogP contribution in [0.15, 0.2) is 21.9 Å². The molecular formula is C17H30N2S2Si. The van der Waals surface area contributed by atoms with Crippen LogP contribution in [0.4, 0.5) is 0 Å². The van der Waals surface area contributed by atoms with Crippen molar-refractivity contribution in [2.24, 2.45) is 0 Å². The molecule has 0 aromatic rings. The summed E-state index contributed by atoms with van der Waals surface area (Å²) in [4.78, 5) is 0. The van der Waals surface area contributed by atoms with Crippen LogP contribution in [0.1, 0.15) is 40.5 Å². The third kappa shape index (κ3) is 3.37. The Morgan fingerprint density at radius 2 is 1.68 bits per heavy atom. The van der Waals surface area contributed by atoms with Gasteiger partial charge in [0.05, 0.1) is 12.8 Å². The molecule has 1 atom stereocenters. The minimum atomic E-state index is -1.40. The molecule has 1 saturated heterocycles. The Balaban J connectivity index is 2.24. The first-order chi connectivity index (χ1) is 10.1. The Hall–Kier alpha value is -0.103. The number of hydrogen-bond acceptors (Lipinski definition) is 3. The van der Waals surface area contributed by atoms with Crippen LogP contribution < -0.4 is 5.43 Å². The van der Waals surface area contributed by atoms with Crippen molar-refractivity contribution >= 4 is 36.4 Å². The van der Waals surface area contributed by atoms with Crippen LogP contribution in [-0.4, -0.2) is 35.2 Å². The third-order valence-electron chi connectivity index (χ3n) is 5.09. The number of nitrogens with one attached hydrogen (secondary N) is 1. The van der Waals surface area contributed by atoms with E-state index in [1.807, 2.05) is 11.8 Å². The van der Waals surface area contributed by atoms with Crippen molar-refractivity contribution in [2.75, 3.05) is 13.1 Å². The highest BCUT2D eigenvalue weighted by molar-refractivity contribution is 8.24. The van der Waals surface area contributed by atoms with E-state index in [0.29, 0.717) is 0 Å². The van der Waals surface area contributed by atoms with Crippen LogP contribution in [0.2, 0.25) is 19.6 Å². The molecule has 1 heterocycles. The number of allylic oxidation sites excluding steroid dienone is 2. The fraction of sp³-hybridized carbons (Fsp3) is 0.706. The monoisotopic (exact) mass is 354 g/mol. The lowest BCUT2D eigenvalue weighted by atomic mass is 10.0. The van der Waals surface area contributed by atoms with Crippen molar-refractivity contribution in [2.45, 2.75) is 64.9 Å². The predicted molar refractivity (Wildman–Crippen MR) is 107 cm³/mol. The Morgan fingerprint density at radius 3 is 2.18 bits per heavy atom. The van der Waals surface area contributed by atoms with E-state index < -0.39 is 8.07 Å². The topological polar surface area (TPSA) is 15.3 Å². The lowest BCUT2D eigenvalue weighted by Crippen LogP contribution is -2.43. The first-order valence-electron chi connectivity index (χ1n) is 8.22. The summed E-state index contributed by atoms with van der Waals surface area (Å²) in [5.41, 5.74) is 7.91. The quantitative estimate of drug-likeness (QED) is 0.572. The zero-order chi connectivity index (χ0) is 16.7. The second-order valence-corrected chi connectivity index (χ2v) is 14.8. The first-order valence-corrected chi connectivity index (χ1v) is 12.9. The van der Waals surface area contributed by atoms with Crippen molar-refractivity contribution in [1.29, 1.82) is 0 Å². The zero-order valence-corrected chi connectivity index (χ0v) is 17.7. The molecule has 2 nitrogen and oxygen atoms in total. The van der Waals surface area contributed by atoms with Gasteiger partial charge in [0.15, 0.2) is 0 Å². The van der Waals surface area contributed by atoms with Gasteiger partial charge in [0.1, 0.15) is 4.32 Å². The molecule has 0 saturated carbocycles. The molecular weight excluding hydrogens is 324 g/mol. The van der Waals surface area contributed by atoms with Crippen LogP contribution in [0.25, 0.3) is 0 Å². The van der Waals surface area contributed by atoms with Gasteiger partial charge in [-0.3, -0.25) is 0 Å². The smallest absolute Gasteiger partial charge is 0.149 e. The minimum absolute atomic E-state index is 0.0302. The van der Waals surface area contributed by atoms with Crippen molar-refractivity contribution in [3.8, 4) is 0 Å². The molecule has 2 rings (SSSR count). The normalized spacial score (nSPS) is 27.0. The number of thiocarbonyl (C=S) groups is 1. The summed E-state index contributed by atoms with van der Waals surface area (Å²) < 4.78 is 0.949. The van der Waals surface area contributed by atoms with Crippen LogP contribution in [-0.2, 0) is 0 Å². The standard InChI is InChI=1S/C17H30N2S2Si/c1-12-13(2)15(22(5,6)7)17(4,14(12)3)21-16(20)18-19-10-8-9-11-19/h8-11H2,1-7H3,(H,18,20). The largest absolute Gasteiger partial charge is 0.304 e. The second-order valence-electron chi connectivity index (χ2n) is 7.73. The van der Waals surface area contributed by atoms with Gasteiger partial charge >= 0.3 is 0 Å². The van der Waals surface area contributed by atoms with E-state index in [9.17, 15) is 0 Å². The number of hydrogen-bond donors (Lipinski definition) is 1. The molecule has 1 N–H and O–H groups in total. The molecule has 0 aromatic heterocycles. The SMILES string of the molecule is CC1=C(C)C(C)(SC(=S)NN2CCCC2)C([Si](C)(C)C)=C1C. The number of hydrazine groups is 1. The molecule has 1 unspecified atom stereocenters. The number of rotatable bonds is 3. The maximum atomic E-state index is 5.69. The second kappa shape index (κ2) is 6.42. The van der Waals surface area contributed by atoms with E-state index in [4.69, 9.17) is 12.2 Å². The summed E-state index contributed by atoms with van der Waals surface area (Å²) in [6, 6.07) is 0. The fourth-order valence-electron chi connectivity index (χ4n) is 3.94. The van der Waals surface area contributed by atoms with Gasteiger partial charge < -0.3 is 5.43 Å². The van der Waals surface area contributed by atoms with Gasteiger partial charge in [-0.25, -0.2) is 5.01 Å².